The Labute approximate surface area is 109 Å². The molecule has 4 nitrogen and oxygen atoms in total. The smallest absolute Gasteiger partial charge is 0.228 e. The summed E-state index contributed by atoms with van der Waals surface area (Å²) < 4.78 is 5.74. The molecular weight excluding hydrogens is 230 g/mol. The number of hydrogen-bond donors (Lipinski definition) is 1. The monoisotopic (exact) mass is 255 g/mol. The Morgan fingerprint density at radius 3 is 2.22 bits per heavy atom. The van der Waals surface area contributed by atoms with Crippen LogP contribution in [0.4, 0.5) is 0 Å². The predicted molar refractivity (Wildman–Crippen MR) is 69.1 cm³/mol. The lowest BCUT2D eigenvalue weighted by Crippen LogP contribution is -2.49. The van der Waals surface area contributed by atoms with Crippen molar-refractivity contribution in [3.63, 3.8) is 0 Å². The molecule has 18 heavy (non-hydrogen) atoms. The van der Waals surface area contributed by atoms with Crippen LogP contribution in [0.5, 0.6) is 0 Å². The maximum atomic E-state index is 12.5. The van der Waals surface area contributed by atoms with Gasteiger partial charge in [-0.05, 0) is 39.5 Å². The number of carbonyl (C=O) groups excluding carboxylic acids is 1. The molecule has 0 bridgehead atoms. The van der Waals surface area contributed by atoms with Gasteiger partial charge in [-0.15, -0.1) is 0 Å². The minimum absolute atomic E-state index is 0.00457. The van der Waals surface area contributed by atoms with E-state index in [1.54, 1.807) is 0 Å². The Kier molecular flexibility index (Phi) is 3.70. The summed E-state index contributed by atoms with van der Waals surface area (Å²) in [6.07, 6.45) is 1.50. The zero-order chi connectivity index (χ0) is 13.5. The number of likely N-dealkylation sites (tertiary alicyclic amines) is 1. The van der Waals surface area contributed by atoms with Gasteiger partial charge in [0.05, 0.1) is 23.7 Å². The van der Waals surface area contributed by atoms with E-state index in [9.17, 15) is 9.90 Å². The molecule has 4 heteroatoms. The molecule has 2 heterocycles. The third-order valence-electron chi connectivity index (χ3n) is 4.68. The van der Waals surface area contributed by atoms with Crippen LogP contribution in [0.25, 0.3) is 0 Å². The van der Waals surface area contributed by atoms with Crippen molar-refractivity contribution in [1.29, 1.82) is 0 Å². The number of hydrogen-bond acceptors (Lipinski definition) is 3. The Hall–Kier alpha value is -0.610. The highest BCUT2D eigenvalue weighted by molar-refractivity contribution is 5.80. The van der Waals surface area contributed by atoms with Crippen LogP contribution in [-0.4, -0.2) is 46.8 Å². The first kappa shape index (κ1) is 13.8. The SMILES string of the molecule is CC1OC(C)C(C(=O)N2CCC(C)(O)CC2)C1C. The Balaban J connectivity index is 2.00. The molecule has 0 radical (unpaired) electrons. The number of piperidine rings is 1. The highest BCUT2D eigenvalue weighted by Gasteiger charge is 2.44. The molecule has 1 N–H and O–H groups in total. The zero-order valence-corrected chi connectivity index (χ0v) is 11.8. The van der Waals surface area contributed by atoms with Crippen molar-refractivity contribution in [1.82, 2.24) is 4.90 Å². The van der Waals surface area contributed by atoms with Gasteiger partial charge in [-0.25, -0.2) is 0 Å². The first-order valence-electron chi connectivity index (χ1n) is 6.98. The molecule has 2 fully saturated rings. The van der Waals surface area contributed by atoms with Gasteiger partial charge in [-0.3, -0.25) is 4.79 Å². The summed E-state index contributed by atoms with van der Waals surface area (Å²) in [5.41, 5.74) is -0.604. The van der Waals surface area contributed by atoms with Gasteiger partial charge >= 0.3 is 0 Å². The lowest BCUT2D eigenvalue weighted by atomic mass is 9.86. The first-order valence-corrected chi connectivity index (χ1v) is 6.98. The fourth-order valence-corrected chi connectivity index (χ4v) is 3.11. The van der Waals surface area contributed by atoms with E-state index in [-0.39, 0.29) is 30.0 Å². The van der Waals surface area contributed by atoms with Gasteiger partial charge in [0.2, 0.25) is 5.91 Å². The third-order valence-corrected chi connectivity index (χ3v) is 4.68. The lowest BCUT2D eigenvalue weighted by Gasteiger charge is -2.37. The molecule has 0 spiro atoms. The molecule has 0 aliphatic carbocycles. The molecular formula is C14H25NO3. The summed E-state index contributed by atoms with van der Waals surface area (Å²) in [5.74, 6) is 0.452. The maximum Gasteiger partial charge on any atom is 0.228 e. The van der Waals surface area contributed by atoms with Crippen LogP contribution in [0, 0.1) is 11.8 Å². The number of ether oxygens (including phenoxy) is 1. The van der Waals surface area contributed by atoms with E-state index < -0.39 is 5.60 Å². The summed E-state index contributed by atoms with van der Waals surface area (Å²) >= 11 is 0. The summed E-state index contributed by atoms with van der Waals surface area (Å²) in [6, 6.07) is 0. The highest BCUT2D eigenvalue weighted by Crippen LogP contribution is 2.34. The maximum absolute atomic E-state index is 12.5. The lowest BCUT2D eigenvalue weighted by molar-refractivity contribution is -0.141. The number of amides is 1. The zero-order valence-electron chi connectivity index (χ0n) is 11.8. The van der Waals surface area contributed by atoms with E-state index in [0.717, 1.165) is 0 Å². The normalized spacial score (nSPS) is 39.9. The molecule has 2 aliphatic rings. The van der Waals surface area contributed by atoms with Crippen molar-refractivity contribution in [3.05, 3.63) is 0 Å². The van der Waals surface area contributed by atoms with E-state index in [4.69, 9.17) is 4.74 Å². The van der Waals surface area contributed by atoms with E-state index >= 15 is 0 Å². The van der Waals surface area contributed by atoms with Crippen molar-refractivity contribution < 1.29 is 14.6 Å². The predicted octanol–water partition coefficient (Wildman–Crippen LogP) is 1.42. The topological polar surface area (TPSA) is 49.8 Å². The van der Waals surface area contributed by atoms with Crippen LogP contribution in [0.3, 0.4) is 0 Å². The van der Waals surface area contributed by atoms with E-state index in [1.165, 1.54) is 0 Å². The van der Waals surface area contributed by atoms with Crippen molar-refractivity contribution in [2.45, 2.75) is 58.3 Å². The van der Waals surface area contributed by atoms with E-state index in [1.807, 2.05) is 25.7 Å². The molecule has 2 saturated heterocycles. The molecule has 4 atom stereocenters. The number of aliphatic hydroxyl groups is 1. The fourth-order valence-electron chi connectivity index (χ4n) is 3.11. The first-order chi connectivity index (χ1) is 8.32. The summed E-state index contributed by atoms with van der Waals surface area (Å²) in [6.45, 7) is 9.29. The van der Waals surface area contributed by atoms with Gasteiger partial charge in [0, 0.05) is 13.1 Å². The molecule has 2 aliphatic heterocycles. The van der Waals surface area contributed by atoms with E-state index in [2.05, 4.69) is 6.92 Å². The molecule has 0 aromatic carbocycles. The van der Waals surface area contributed by atoms with Crippen LogP contribution in [0.1, 0.15) is 40.5 Å². The highest BCUT2D eigenvalue weighted by atomic mass is 16.5. The van der Waals surface area contributed by atoms with Crippen molar-refractivity contribution in [2.24, 2.45) is 11.8 Å². The second-order valence-electron chi connectivity index (χ2n) is 6.25. The summed E-state index contributed by atoms with van der Waals surface area (Å²) in [7, 11) is 0. The number of rotatable bonds is 1. The second kappa shape index (κ2) is 4.82. The van der Waals surface area contributed by atoms with Gasteiger partial charge in [0.25, 0.3) is 0 Å². The third kappa shape index (κ3) is 2.54. The number of carbonyl (C=O) groups is 1. The molecule has 1 amide bonds. The van der Waals surface area contributed by atoms with Gasteiger partial charge in [0.15, 0.2) is 0 Å². The van der Waals surface area contributed by atoms with Crippen molar-refractivity contribution in [3.8, 4) is 0 Å². The Morgan fingerprint density at radius 2 is 1.78 bits per heavy atom. The van der Waals surface area contributed by atoms with Crippen LogP contribution >= 0.6 is 0 Å². The quantitative estimate of drug-likeness (QED) is 0.771. The average molecular weight is 255 g/mol. The molecule has 0 saturated carbocycles. The Morgan fingerprint density at radius 1 is 1.22 bits per heavy atom. The van der Waals surface area contributed by atoms with Gasteiger partial charge in [-0.1, -0.05) is 6.92 Å². The molecule has 104 valence electrons. The molecule has 0 aromatic rings. The second-order valence-corrected chi connectivity index (χ2v) is 6.25. The van der Waals surface area contributed by atoms with Crippen LogP contribution in [0.15, 0.2) is 0 Å². The average Bonchev–Trinajstić information content (AvgIpc) is 2.52. The van der Waals surface area contributed by atoms with Gasteiger partial charge in [0.1, 0.15) is 0 Å². The van der Waals surface area contributed by atoms with Gasteiger partial charge < -0.3 is 14.7 Å². The molecule has 0 aromatic heterocycles. The minimum atomic E-state index is -0.604. The summed E-state index contributed by atoms with van der Waals surface area (Å²) in [5, 5.41) is 9.92. The van der Waals surface area contributed by atoms with Crippen molar-refractivity contribution >= 4 is 5.91 Å². The van der Waals surface area contributed by atoms with E-state index in [0.29, 0.717) is 25.9 Å². The fraction of sp³-hybridized carbons (Fsp3) is 0.929. The largest absolute Gasteiger partial charge is 0.390 e. The Bertz CT molecular complexity index is 319. The van der Waals surface area contributed by atoms with Crippen LogP contribution < -0.4 is 0 Å². The summed E-state index contributed by atoms with van der Waals surface area (Å²) in [4.78, 5) is 14.4. The van der Waals surface area contributed by atoms with Crippen LogP contribution in [-0.2, 0) is 9.53 Å². The van der Waals surface area contributed by atoms with Crippen LogP contribution in [0.2, 0.25) is 0 Å². The number of nitrogens with zero attached hydrogens (tertiary/aromatic N) is 1. The molecule has 2 rings (SSSR count). The minimum Gasteiger partial charge on any atom is -0.390 e. The van der Waals surface area contributed by atoms with Gasteiger partial charge in [-0.2, -0.15) is 0 Å². The van der Waals surface area contributed by atoms with Crippen molar-refractivity contribution in [2.75, 3.05) is 13.1 Å². The molecule has 4 unspecified atom stereocenters. The standard InChI is InChI=1S/C14H25NO3/c1-9-10(2)18-11(3)12(9)13(16)15-7-5-14(4,17)6-8-15/h9-12,17H,5-8H2,1-4H3.